The molecule has 0 aliphatic rings. The number of benzene rings is 1. The first-order chi connectivity index (χ1) is 11.1. The summed E-state index contributed by atoms with van der Waals surface area (Å²) in [6.45, 7) is 2.53. The molecule has 23 heavy (non-hydrogen) atoms. The van der Waals surface area contributed by atoms with Crippen molar-refractivity contribution >= 4 is 40.7 Å². The van der Waals surface area contributed by atoms with E-state index in [0.717, 1.165) is 16.3 Å². The van der Waals surface area contributed by atoms with E-state index in [1.54, 1.807) is 23.4 Å². The summed E-state index contributed by atoms with van der Waals surface area (Å²) in [5, 5.41) is 6.44. The zero-order valence-electron chi connectivity index (χ0n) is 12.5. The Hall–Kier alpha value is -1.34. The van der Waals surface area contributed by atoms with Gasteiger partial charge in [0.25, 0.3) is 5.78 Å². The van der Waals surface area contributed by atoms with Gasteiger partial charge < -0.3 is 4.74 Å². The fourth-order valence-corrected chi connectivity index (χ4v) is 3.54. The van der Waals surface area contributed by atoms with Gasteiger partial charge in [0.2, 0.25) is 0 Å². The average Bonchev–Trinajstić information content (AvgIpc) is 2.99. The highest BCUT2D eigenvalue weighted by atomic mass is 35.5. The van der Waals surface area contributed by atoms with Crippen LogP contribution in [0.1, 0.15) is 23.4 Å². The van der Waals surface area contributed by atoms with E-state index < -0.39 is 0 Å². The molecule has 0 fully saturated rings. The first kappa shape index (κ1) is 16.5. The Balaban J connectivity index is 1.93. The van der Waals surface area contributed by atoms with Gasteiger partial charge in [0.1, 0.15) is 11.4 Å². The second kappa shape index (κ2) is 7.05. The van der Waals surface area contributed by atoms with Crippen molar-refractivity contribution in [3.8, 4) is 0 Å². The molecule has 3 rings (SSSR count). The number of ether oxygens (including phenoxy) is 1. The van der Waals surface area contributed by atoms with E-state index in [4.69, 9.17) is 27.9 Å². The Labute approximate surface area is 148 Å². The summed E-state index contributed by atoms with van der Waals surface area (Å²) in [6, 6.07) is 7.63. The number of hydrogen-bond acceptors (Lipinski definition) is 5. The maximum atomic E-state index is 6.11. The monoisotopic (exact) mass is 368 g/mol. The van der Waals surface area contributed by atoms with Crippen molar-refractivity contribution in [3.05, 3.63) is 51.9 Å². The third kappa shape index (κ3) is 3.61. The summed E-state index contributed by atoms with van der Waals surface area (Å²) >= 11 is 13.7. The summed E-state index contributed by atoms with van der Waals surface area (Å²) < 4.78 is 6.89. The third-order valence-corrected chi connectivity index (χ3v) is 5.17. The largest absolute Gasteiger partial charge is 0.378 e. The molecule has 2 heterocycles. The minimum atomic E-state index is 0.162. The van der Waals surface area contributed by atoms with E-state index in [2.05, 4.69) is 22.0 Å². The highest BCUT2D eigenvalue weighted by Crippen LogP contribution is 2.37. The van der Waals surface area contributed by atoms with Crippen molar-refractivity contribution in [1.82, 2.24) is 19.6 Å². The third-order valence-electron chi connectivity index (χ3n) is 3.28. The van der Waals surface area contributed by atoms with Crippen LogP contribution in [0.5, 0.6) is 0 Å². The number of fused-ring (bicyclic) bond motifs is 1. The number of nitrogens with zero attached hydrogens (tertiary/aromatic N) is 4. The first-order valence-electron chi connectivity index (χ1n) is 6.88. The van der Waals surface area contributed by atoms with E-state index in [1.807, 2.05) is 24.3 Å². The molecule has 1 unspecified atom stereocenters. The van der Waals surface area contributed by atoms with Gasteiger partial charge in [-0.1, -0.05) is 41.0 Å². The maximum Gasteiger partial charge on any atom is 0.253 e. The molecule has 0 aliphatic carbocycles. The summed E-state index contributed by atoms with van der Waals surface area (Å²) in [5.41, 5.74) is 1.90. The zero-order valence-corrected chi connectivity index (χ0v) is 14.9. The Kier molecular flexibility index (Phi) is 5.06. The standard InChI is InChI=1S/C15H14Cl2N4OS/c1-9(10-3-4-12(16)13(17)5-10)23-14-6-11(7-22-2)20-15-18-8-19-21(14)15/h3-6,8-9H,7H2,1-2H3. The van der Waals surface area contributed by atoms with E-state index >= 15 is 0 Å². The Morgan fingerprint density at radius 3 is 2.83 bits per heavy atom. The van der Waals surface area contributed by atoms with E-state index in [1.165, 1.54) is 6.33 Å². The van der Waals surface area contributed by atoms with Gasteiger partial charge in [-0.25, -0.2) is 4.98 Å². The number of aromatic nitrogens is 4. The molecule has 0 N–H and O–H groups in total. The number of rotatable bonds is 5. The first-order valence-corrected chi connectivity index (χ1v) is 8.52. The summed E-state index contributed by atoms with van der Waals surface area (Å²) in [7, 11) is 1.64. The quantitative estimate of drug-likeness (QED) is 0.492. The average molecular weight is 369 g/mol. The number of halogens is 2. The van der Waals surface area contributed by atoms with Crippen LogP contribution < -0.4 is 0 Å². The van der Waals surface area contributed by atoms with Crippen LogP contribution in [-0.4, -0.2) is 26.7 Å². The van der Waals surface area contributed by atoms with Crippen molar-refractivity contribution in [1.29, 1.82) is 0 Å². The Morgan fingerprint density at radius 1 is 1.26 bits per heavy atom. The van der Waals surface area contributed by atoms with E-state index in [9.17, 15) is 0 Å². The van der Waals surface area contributed by atoms with Crippen molar-refractivity contribution in [2.24, 2.45) is 0 Å². The lowest BCUT2D eigenvalue weighted by Crippen LogP contribution is -2.02. The van der Waals surface area contributed by atoms with Gasteiger partial charge in [0, 0.05) is 12.4 Å². The smallest absolute Gasteiger partial charge is 0.253 e. The SMILES string of the molecule is COCc1cc(SC(C)c2ccc(Cl)c(Cl)c2)n2ncnc2n1. The highest BCUT2D eigenvalue weighted by Gasteiger charge is 2.14. The molecule has 0 amide bonds. The fraction of sp³-hybridized carbons (Fsp3) is 0.267. The lowest BCUT2D eigenvalue weighted by Gasteiger charge is -2.14. The van der Waals surface area contributed by atoms with Crippen molar-refractivity contribution in [3.63, 3.8) is 0 Å². The minimum Gasteiger partial charge on any atom is -0.378 e. The molecular formula is C15H14Cl2N4OS. The molecule has 0 aliphatic heterocycles. The molecule has 0 saturated heterocycles. The van der Waals surface area contributed by atoms with Crippen LogP contribution in [0.2, 0.25) is 10.0 Å². The van der Waals surface area contributed by atoms with Crippen LogP contribution in [-0.2, 0) is 11.3 Å². The van der Waals surface area contributed by atoms with Gasteiger partial charge in [0.05, 0.1) is 22.3 Å². The molecule has 3 aromatic rings. The second-order valence-electron chi connectivity index (χ2n) is 4.92. The number of thioether (sulfide) groups is 1. The molecule has 1 aromatic carbocycles. The lowest BCUT2D eigenvalue weighted by molar-refractivity contribution is 0.181. The Bertz CT molecular complexity index is 839. The highest BCUT2D eigenvalue weighted by molar-refractivity contribution is 7.99. The molecule has 0 bridgehead atoms. The normalized spacial score (nSPS) is 12.7. The molecule has 0 spiro atoms. The van der Waals surface area contributed by atoms with Gasteiger partial charge in [-0.15, -0.1) is 0 Å². The predicted octanol–water partition coefficient (Wildman–Crippen LogP) is 4.43. The number of hydrogen-bond donors (Lipinski definition) is 0. The van der Waals surface area contributed by atoms with Crippen LogP contribution in [0.25, 0.3) is 5.78 Å². The van der Waals surface area contributed by atoms with Crippen LogP contribution >= 0.6 is 35.0 Å². The molecule has 0 saturated carbocycles. The predicted molar refractivity (Wildman–Crippen MR) is 92.2 cm³/mol. The number of methoxy groups -OCH3 is 1. The van der Waals surface area contributed by atoms with Crippen LogP contribution in [0.4, 0.5) is 0 Å². The topological polar surface area (TPSA) is 52.3 Å². The van der Waals surface area contributed by atoms with E-state index in [-0.39, 0.29) is 5.25 Å². The summed E-state index contributed by atoms with van der Waals surface area (Å²) in [6.07, 6.45) is 1.49. The summed E-state index contributed by atoms with van der Waals surface area (Å²) in [4.78, 5) is 8.57. The molecule has 0 radical (unpaired) electrons. The molecule has 8 heteroatoms. The second-order valence-corrected chi connectivity index (χ2v) is 7.10. The van der Waals surface area contributed by atoms with Gasteiger partial charge in [0.15, 0.2) is 0 Å². The van der Waals surface area contributed by atoms with Crippen LogP contribution in [0.15, 0.2) is 35.6 Å². The minimum absolute atomic E-state index is 0.162. The molecular weight excluding hydrogens is 355 g/mol. The van der Waals surface area contributed by atoms with Gasteiger partial charge in [-0.3, -0.25) is 0 Å². The van der Waals surface area contributed by atoms with Gasteiger partial charge in [-0.05, 0) is 30.7 Å². The van der Waals surface area contributed by atoms with Crippen molar-refractivity contribution in [2.45, 2.75) is 23.8 Å². The van der Waals surface area contributed by atoms with E-state index in [0.29, 0.717) is 22.4 Å². The van der Waals surface area contributed by atoms with Crippen LogP contribution in [0.3, 0.4) is 0 Å². The fourth-order valence-electron chi connectivity index (χ4n) is 2.15. The van der Waals surface area contributed by atoms with Crippen LogP contribution in [0, 0.1) is 0 Å². The molecule has 2 aromatic heterocycles. The van der Waals surface area contributed by atoms with Crippen molar-refractivity contribution in [2.75, 3.05) is 7.11 Å². The molecule has 1 atom stereocenters. The molecule has 120 valence electrons. The lowest BCUT2D eigenvalue weighted by atomic mass is 10.2. The van der Waals surface area contributed by atoms with Crippen molar-refractivity contribution < 1.29 is 4.74 Å². The van der Waals surface area contributed by atoms with Gasteiger partial charge >= 0.3 is 0 Å². The maximum absolute atomic E-state index is 6.11. The summed E-state index contributed by atoms with van der Waals surface area (Å²) in [5.74, 6) is 0.559. The Morgan fingerprint density at radius 2 is 2.09 bits per heavy atom. The molecule has 5 nitrogen and oxygen atoms in total. The van der Waals surface area contributed by atoms with Gasteiger partial charge in [-0.2, -0.15) is 14.6 Å². The zero-order chi connectivity index (χ0) is 16.4.